The molecule has 0 saturated carbocycles. The molecule has 0 aromatic rings. The van der Waals surface area contributed by atoms with Crippen LogP contribution in [0.1, 0.15) is 53.9 Å². The average Bonchev–Trinajstić information content (AvgIpc) is 2.08. The van der Waals surface area contributed by atoms with Gasteiger partial charge in [0.2, 0.25) is 0 Å². The summed E-state index contributed by atoms with van der Waals surface area (Å²) in [6, 6.07) is 0. The van der Waals surface area contributed by atoms with Crippen molar-refractivity contribution >= 4 is 5.97 Å². The van der Waals surface area contributed by atoms with Gasteiger partial charge in [-0.15, -0.1) is 0 Å². The minimum atomic E-state index is -0.808. The van der Waals surface area contributed by atoms with Crippen molar-refractivity contribution < 1.29 is 9.90 Å². The molecule has 0 aliphatic carbocycles. The first-order chi connectivity index (χ1) is 7.61. The summed E-state index contributed by atoms with van der Waals surface area (Å²) in [6.45, 7) is 10.5. The number of hydrogen-bond donors (Lipinski definition) is 2. The molecule has 0 amide bonds. The van der Waals surface area contributed by atoms with Gasteiger partial charge in [-0.05, 0) is 59.8 Å². The highest BCUT2D eigenvalue weighted by Gasteiger charge is 2.36. The Hall–Kier alpha value is -0.830. The summed E-state index contributed by atoms with van der Waals surface area (Å²) >= 11 is 0. The molecular formula is C14H25NO2. The second-order valence-electron chi connectivity index (χ2n) is 6.60. The third-order valence-corrected chi connectivity index (χ3v) is 3.37. The van der Waals surface area contributed by atoms with Gasteiger partial charge in [0.15, 0.2) is 0 Å². The quantitative estimate of drug-likeness (QED) is 0.744. The molecule has 1 aliphatic heterocycles. The fourth-order valence-corrected chi connectivity index (χ4v) is 3.13. The number of nitrogens with one attached hydrogen (secondary N) is 1. The molecule has 0 aromatic heterocycles. The zero-order valence-corrected chi connectivity index (χ0v) is 11.6. The van der Waals surface area contributed by atoms with Crippen LogP contribution in [0, 0.1) is 5.92 Å². The van der Waals surface area contributed by atoms with Crippen LogP contribution < -0.4 is 5.32 Å². The maximum absolute atomic E-state index is 10.7. The van der Waals surface area contributed by atoms with Gasteiger partial charge in [-0.3, -0.25) is 0 Å². The zero-order chi connectivity index (χ0) is 13.3. The minimum absolute atomic E-state index is 0.136. The first-order valence-corrected chi connectivity index (χ1v) is 6.31. The van der Waals surface area contributed by atoms with Crippen LogP contribution in [0.25, 0.3) is 0 Å². The first kappa shape index (κ1) is 14.2. The van der Waals surface area contributed by atoms with Crippen molar-refractivity contribution in [3.63, 3.8) is 0 Å². The van der Waals surface area contributed by atoms with Crippen LogP contribution in [0.2, 0.25) is 0 Å². The van der Waals surface area contributed by atoms with Gasteiger partial charge in [0.1, 0.15) is 0 Å². The topological polar surface area (TPSA) is 49.3 Å². The van der Waals surface area contributed by atoms with Crippen LogP contribution >= 0.6 is 0 Å². The Morgan fingerprint density at radius 2 is 1.76 bits per heavy atom. The molecule has 1 rings (SSSR count). The molecule has 3 heteroatoms. The number of hydrogen-bond acceptors (Lipinski definition) is 2. The lowest BCUT2D eigenvalue weighted by atomic mass is 9.74. The molecule has 1 aliphatic rings. The molecule has 1 fully saturated rings. The molecule has 1 saturated heterocycles. The number of carboxylic acid groups (broad SMARTS) is 1. The monoisotopic (exact) mass is 239 g/mol. The van der Waals surface area contributed by atoms with Crippen molar-refractivity contribution in [3.05, 3.63) is 11.6 Å². The number of carbonyl (C=O) groups is 1. The second-order valence-corrected chi connectivity index (χ2v) is 6.60. The van der Waals surface area contributed by atoms with Gasteiger partial charge >= 0.3 is 5.97 Å². The molecule has 0 unspecified atom stereocenters. The molecule has 2 N–H and O–H groups in total. The van der Waals surface area contributed by atoms with E-state index in [9.17, 15) is 4.79 Å². The molecular weight excluding hydrogens is 214 g/mol. The SMILES string of the molecule is CC(=CCC1CC(C)(C)NC(C)(C)C1)C(=O)O. The summed E-state index contributed by atoms with van der Waals surface area (Å²) in [5.74, 6) is -0.243. The Morgan fingerprint density at radius 1 is 1.29 bits per heavy atom. The van der Waals surface area contributed by atoms with Crippen LogP contribution in [-0.4, -0.2) is 22.2 Å². The lowest BCUT2D eigenvalue weighted by Gasteiger charge is -2.46. The summed E-state index contributed by atoms with van der Waals surface area (Å²) in [6.07, 6.45) is 4.93. The van der Waals surface area contributed by atoms with Crippen LogP contribution in [0.5, 0.6) is 0 Å². The molecule has 98 valence electrons. The van der Waals surface area contributed by atoms with Crippen LogP contribution in [0.4, 0.5) is 0 Å². The highest BCUT2D eigenvalue weighted by atomic mass is 16.4. The Labute approximate surface area is 104 Å². The van der Waals surface area contributed by atoms with Crippen molar-refractivity contribution in [1.29, 1.82) is 0 Å². The molecule has 0 bridgehead atoms. The Morgan fingerprint density at radius 3 is 2.18 bits per heavy atom. The number of piperidine rings is 1. The average molecular weight is 239 g/mol. The highest BCUT2D eigenvalue weighted by Crippen LogP contribution is 2.34. The van der Waals surface area contributed by atoms with Gasteiger partial charge in [0.05, 0.1) is 0 Å². The van der Waals surface area contributed by atoms with E-state index < -0.39 is 5.97 Å². The fraction of sp³-hybridized carbons (Fsp3) is 0.786. The van der Waals surface area contributed by atoms with Crippen molar-refractivity contribution in [3.8, 4) is 0 Å². The third-order valence-electron chi connectivity index (χ3n) is 3.37. The van der Waals surface area contributed by atoms with Crippen molar-refractivity contribution in [2.75, 3.05) is 0 Å². The predicted octanol–water partition coefficient (Wildman–Crippen LogP) is 2.96. The lowest BCUT2D eigenvalue weighted by molar-refractivity contribution is -0.132. The van der Waals surface area contributed by atoms with Gasteiger partial charge in [0.25, 0.3) is 0 Å². The Balaban J connectivity index is 2.66. The van der Waals surface area contributed by atoms with Crippen LogP contribution in [-0.2, 0) is 4.79 Å². The summed E-state index contributed by atoms with van der Waals surface area (Å²) in [7, 11) is 0. The van der Waals surface area contributed by atoms with Crippen molar-refractivity contribution in [2.45, 2.75) is 65.0 Å². The Bertz CT molecular complexity index is 313. The Kier molecular flexibility index (Phi) is 4.03. The van der Waals surface area contributed by atoms with E-state index >= 15 is 0 Å². The molecule has 3 nitrogen and oxygen atoms in total. The number of carboxylic acids is 1. The van der Waals surface area contributed by atoms with E-state index in [2.05, 4.69) is 33.0 Å². The lowest BCUT2D eigenvalue weighted by Crippen LogP contribution is -2.57. The molecule has 0 radical (unpaired) electrons. The van der Waals surface area contributed by atoms with Crippen LogP contribution in [0.15, 0.2) is 11.6 Å². The molecule has 1 heterocycles. The first-order valence-electron chi connectivity index (χ1n) is 6.31. The molecule has 17 heavy (non-hydrogen) atoms. The molecule has 0 atom stereocenters. The van der Waals surface area contributed by atoms with Crippen molar-refractivity contribution in [2.24, 2.45) is 5.92 Å². The van der Waals surface area contributed by atoms with E-state index in [4.69, 9.17) is 5.11 Å². The van der Waals surface area contributed by atoms with Gasteiger partial charge in [-0.2, -0.15) is 0 Å². The number of allylic oxidation sites excluding steroid dienone is 1. The van der Waals surface area contributed by atoms with Crippen LogP contribution in [0.3, 0.4) is 0 Å². The highest BCUT2D eigenvalue weighted by molar-refractivity contribution is 5.85. The van der Waals surface area contributed by atoms with E-state index in [1.54, 1.807) is 6.92 Å². The number of aliphatic carboxylic acids is 1. The predicted molar refractivity (Wildman–Crippen MR) is 70.0 cm³/mol. The summed E-state index contributed by atoms with van der Waals surface area (Å²) in [5, 5.41) is 12.5. The normalized spacial score (nSPS) is 24.6. The number of rotatable bonds is 3. The molecule has 0 aromatic carbocycles. The maximum Gasteiger partial charge on any atom is 0.330 e. The second kappa shape index (κ2) is 4.81. The maximum atomic E-state index is 10.7. The van der Waals surface area contributed by atoms with Gasteiger partial charge in [0, 0.05) is 16.7 Å². The van der Waals surface area contributed by atoms with Gasteiger partial charge in [-0.1, -0.05) is 6.08 Å². The van der Waals surface area contributed by atoms with E-state index in [1.165, 1.54) is 0 Å². The van der Waals surface area contributed by atoms with E-state index in [1.807, 2.05) is 6.08 Å². The summed E-state index contributed by atoms with van der Waals surface area (Å²) in [5.41, 5.74) is 0.730. The largest absolute Gasteiger partial charge is 0.478 e. The summed E-state index contributed by atoms with van der Waals surface area (Å²) in [4.78, 5) is 10.7. The minimum Gasteiger partial charge on any atom is -0.478 e. The summed E-state index contributed by atoms with van der Waals surface area (Å²) < 4.78 is 0. The van der Waals surface area contributed by atoms with E-state index in [-0.39, 0.29) is 11.1 Å². The van der Waals surface area contributed by atoms with Gasteiger partial charge in [-0.25, -0.2) is 4.79 Å². The van der Waals surface area contributed by atoms with Gasteiger partial charge < -0.3 is 10.4 Å². The third kappa shape index (κ3) is 4.50. The van der Waals surface area contributed by atoms with E-state index in [0.29, 0.717) is 11.5 Å². The standard InChI is InChI=1S/C14H25NO2/c1-10(12(16)17)6-7-11-8-13(2,3)15-14(4,5)9-11/h6,11,15H,7-9H2,1-5H3,(H,16,17). The smallest absolute Gasteiger partial charge is 0.330 e. The molecule has 0 spiro atoms. The fourth-order valence-electron chi connectivity index (χ4n) is 3.13. The zero-order valence-electron chi connectivity index (χ0n) is 11.6. The van der Waals surface area contributed by atoms with E-state index in [0.717, 1.165) is 19.3 Å². The van der Waals surface area contributed by atoms with Crippen molar-refractivity contribution in [1.82, 2.24) is 5.32 Å².